The number of hydrogen-bond acceptors (Lipinski definition) is 2. The van der Waals surface area contributed by atoms with Crippen molar-refractivity contribution < 1.29 is 9.31 Å². The quantitative estimate of drug-likeness (QED) is 0.662. The van der Waals surface area contributed by atoms with Crippen LogP contribution in [0.4, 0.5) is 0 Å². The maximum atomic E-state index is 5.67. The topological polar surface area (TPSA) is 18.5 Å². The van der Waals surface area contributed by atoms with Crippen LogP contribution in [0.15, 0.2) is 11.5 Å². The zero-order valence-corrected chi connectivity index (χ0v) is 10.8. The third-order valence-corrected chi connectivity index (χ3v) is 3.01. The van der Waals surface area contributed by atoms with Crippen LogP contribution in [0.25, 0.3) is 0 Å². The van der Waals surface area contributed by atoms with E-state index in [2.05, 4.69) is 6.08 Å². The predicted molar refractivity (Wildman–Crippen MR) is 69.4 cm³/mol. The molecule has 0 atom stereocenters. The molecule has 0 aromatic heterocycles. The van der Waals surface area contributed by atoms with Gasteiger partial charge in [-0.05, 0) is 38.6 Å². The van der Waals surface area contributed by atoms with Crippen molar-refractivity contribution in [2.75, 3.05) is 13.2 Å². The summed E-state index contributed by atoms with van der Waals surface area (Å²) in [6.45, 7) is 5.51. The molecule has 0 aliphatic heterocycles. The second kappa shape index (κ2) is 8.83. The summed E-state index contributed by atoms with van der Waals surface area (Å²) in [6, 6.07) is 0. The molecular formula is C13H25BO2. The molecule has 0 aromatic rings. The van der Waals surface area contributed by atoms with E-state index in [1.807, 2.05) is 13.8 Å². The summed E-state index contributed by atoms with van der Waals surface area (Å²) in [7, 11) is -0.0897. The molecule has 0 spiro atoms. The molecule has 3 heteroatoms. The highest BCUT2D eigenvalue weighted by molar-refractivity contribution is 6.53. The molecule has 0 N–H and O–H groups in total. The van der Waals surface area contributed by atoms with Crippen LogP contribution in [0.2, 0.25) is 0 Å². The smallest absolute Gasteiger partial charge is 0.408 e. The molecule has 0 heterocycles. The van der Waals surface area contributed by atoms with Gasteiger partial charge in [0.25, 0.3) is 0 Å². The predicted octanol–water partition coefficient (Wildman–Crippen LogP) is 3.76. The van der Waals surface area contributed by atoms with Crippen LogP contribution in [0, 0.1) is 0 Å². The summed E-state index contributed by atoms with van der Waals surface area (Å²) in [5, 5.41) is 0. The van der Waals surface area contributed by atoms with Crippen LogP contribution in [0.5, 0.6) is 0 Å². The van der Waals surface area contributed by atoms with Gasteiger partial charge in [0.1, 0.15) is 0 Å². The van der Waals surface area contributed by atoms with Gasteiger partial charge in [-0.3, -0.25) is 0 Å². The van der Waals surface area contributed by atoms with Gasteiger partial charge in [0, 0.05) is 13.2 Å². The average Bonchev–Trinajstić information content (AvgIpc) is 2.42. The van der Waals surface area contributed by atoms with Gasteiger partial charge in [0.05, 0.1) is 0 Å². The molecule has 2 nitrogen and oxygen atoms in total. The van der Waals surface area contributed by atoms with E-state index in [1.165, 1.54) is 44.0 Å². The van der Waals surface area contributed by atoms with Gasteiger partial charge in [-0.15, -0.1) is 0 Å². The highest BCUT2D eigenvalue weighted by Gasteiger charge is 2.22. The van der Waals surface area contributed by atoms with E-state index in [1.54, 1.807) is 0 Å². The standard InChI is InChI=1S/C13H25BO2/c1-3-15-14(16-4-2)13-11-9-7-5-6-8-10-12-13/h11H,3-10,12H2,1-2H3/b13-11+. The molecule has 0 radical (unpaired) electrons. The molecule has 0 bridgehead atoms. The summed E-state index contributed by atoms with van der Waals surface area (Å²) in [5.41, 5.74) is 1.37. The first kappa shape index (κ1) is 13.8. The van der Waals surface area contributed by atoms with E-state index < -0.39 is 0 Å². The van der Waals surface area contributed by atoms with E-state index in [0.29, 0.717) is 0 Å². The third kappa shape index (κ3) is 5.17. The van der Waals surface area contributed by atoms with Crippen LogP contribution >= 0.6 is 0 Å². The molecule has 0 fully saturated rings. The van der Waals surface area contributed by atoms with Gasteiger partial charge in [-0.2, -0.15) is 0 Å². The monoisotopic (exact) mass is 224 g/mol. The van der Waals surface area contributed by atoms with Crippen molar-refractivity contribution in [1.29, 1.82) is 0 Å². The maximum absolute atomic E-state index is 5.67. The largest absolute Gasteiger partial charge is 0.489 e. The number of rotatable bonds is 5. The van der Waals surface area contributed by atoms with E-state index in [9.17, 15) is 0 Å². The molecule has 1 rings (SSSR count). The Balaban J connectivity index is 2.54. The Hall–Kier alpha value is -0.275. The third-order valence-electron chi connectivity index (χ3n) is 3.01. The van der Waals surface area contributed by atoms with Crippen molar-refractivity contribution in [3.05, 3.63) is 11.5 Å². The van der Waals surface area contributed by atoms with Gasteiger partial charge in [-0.25, -0.2) is 0 Å². The highest BCUT2D eigenvalue weighted by atomic mass is 16.6. The second-order valence-electron chi connectivity index (χ2n) is 4.33. The Morgan fingerprint density at radius 3 is 2.31 bits per heavy atom. The van der Waals surface area contributed by atoms with Gasteiger partial charge in [0.15, 0.2) is 0 Å². The van der Waals surface area contributed by atoms with Crippen LogP contribution in [0.1, 0.15) is 58.8 Å². The average molecular weight is 224 g/mol. The summed E-state index contributed by atoms with van der Waals surface area (Å²) in [6.07, 6.45) is 11.4. The van der Waals surface area contributed by atoms with Crippen molar-refractivity contribution in [2.45, 2.75) is 58.8 Å². The Morgan fingerprint density at radius 2 is 1.62 bits per heavy atom. The minimum Gasteiger partial charge on any atom is -0.408 e. The molecular weight excluding hydrogens is 199 g/mol. The van der Waals surface area contributed by atoms with Crippen molar-refractivity contribution in [2.24, 2.45) is 0 Å². The zero-order valence-electron chi connectivity index (χ0n) is 10.8. The van der Waals surface area contributed by atoms with Gasteiger partial charge >= 0.3 is 7.12 Å². The Bertz CT molecular complexity index is 198. The van der Waals surface area contributed by atoms with E-state index in [-0.39, 0.29) is 7.12 Å². The second-order valence-corrected chi connectivity index (χ2v) is 4.33. The van der Waals surface area contributed by atoms with Crippen molar-refractivity contribution in [3.8, 4) is 0 Å². The fourth-order valence-corrected chi connectivity index (χ4v) is 2.17. The first-order valence-corrected chi connectivity index (χ1v) is 6.80. The lowest BCUT2D eigenvalue weighted by atomic mass is 9.74. The van der Waals surface area contributed by atoms with Gasteiger partial charge in [0.2, 0.25) is 0 Å². The summed E-state index contributed by atoms with van der Waals surface area (Å²) in [4.78, 5) is 0. The minimum absolute atomic E-state index is 0.0897. The lowest BCUT2D eigenvalue weighted by Gasteiger charge is -2.15. The lowest BCUT2D eigenvalue weighted by molar-refractivity contribution is 0.220. The SMILES string of the molecule is CCOB(OCC)/C1=C/CCCCCCC1. The molecule has 16 heavy (non-hydrogen) atoms. The highest BCUT2D eigenvalue weighted by Crippen LogP contribution is 2.19. The fraction of sp³-hybridized carbons (Fsp3) is 0.846. The fourth-order valence-electron chi connectivity index (χ4n) is 2.17. The van der Waals surface area contributed by atoms with Crippen molar-refractivity contribution in [3.63, 3.8) is 0 Å². The van der Waals surface area contributed by atoms with Crippen molar-refractivity contribution >= 4 is 7.12 Å². The minimum atomic E-state index is -0.0897. The Morgan fingerprint density at radius 1 is 1.00 bits per heavy atom. The summed E-state index contributed by atoms with van der Waals surface area (Å²) in [5.74, 6) is 0. The van der Waals surface area contributed by atoms with Gasteiger partial charge < -0.3 is 9.31 Å². The zero-order chi connectivity index (χ0) is 11.6. The Kier molecular flexibility index (Phi) is 7.61. The molecule has 0 amide bonds. The maximum Gasteiger partial charge on any atom is 0.489 e. The first-order chi connectivity index (χ1) is 7.88. The molecule has 0 aromatic carbocycles. The Labute approximate surface area is 101 Å². The van der Waals surface area contributed by atoms with Crippen LogP contribution in [-0.2, 0) is 9.31 Å². The summed E-state index contributed by atoms with van der Waals surface area (Å²) >= 11 is 0. The number of allylic oxidation sites excluding steroid dienone is 2. The van der Waals surface area contributed by atoms with Crippen LogP contribution in [-0.4, -0.2) is 20.3 Å². The normalized spacial score (nSPS) is 21.5. The lowest BCUT2D eigenvalue weighted by Crippen LogP contribution is -2.26. The molecule has 0 saturated heterocycles. The molecule has 1 aliphatic carbocycles. The number of hydrogen-bond donors (Lipinski definition) is 0. The van der Waals surface area contributed by atoms with Crippen LogP contribution < -0.4 is 0 Å². The van der Waals surface area contributed by atoms with Crippen molar-refractivity contribution in [1.82, 2.24) is 0 Å². The molecule has 1 aliphatic rings. The first-order valence-electron chi connectivity index (χ1n) is 6.80. The van der Waals surface area contributed by atoms with E-state index >= 15 is 0 Å². The molecule has 0 saturated carbocycles. The van der Waals surface area contributed by atoms with Crippen LogP contribution in [0.3, 0.4) is 0 Å². The molecule has 92 valence electrons. The summed E-state index contributed by atoms with van der Waals surface area (Å²) < 4.78 is 11.3. The van der Waals surface area contributed by atoms with E-state index in [0.717, 1.165) is 19.6 Å². The van der Waals surface area contributed by atoms with Gasteiger partial charge in [-0.1, -0.05) is 31.8 Å². The van der Waals surface area contributed by atoms with E-state index in [4.69, 9.17) is 9.31 Å². The molecule has 0 unspecified atom stereocenters.